The predicted molar refractivity (Wildman–Crippen MR) is 67.4 cm³/mol. The minimum atomic E-state index is -0.801. The van der Waals surface area contributed by atoms with Crippen LogP contribution in [0.1, 0.15) is 5.56 Å². The SMILES string of the molecule is Cc1ccc(F)c(-c2cc(F)c3cnc(N)nn23)c1F. The molecule has 3 aromatic rings. The molecule has 1 aromatic carbocycles. The Balaban J connectivity index is 2.41. The molecule has 0 aliphatic rings. The van der Waals surface area contributed by atoms with Crippen LogP contribution in [0.15, 0.2) is 24.4 Å². The van der Waals surface area contributed by atoms with Gasteiger partial charge in [-0.15, -0.1) is 5.10 Å². The van der Waals surface area contributed by atoms with Gasteiger partial charge in [0.2, 0.25) is 5.95 Å². The van der Waals surface area contributed by atoms with Crippen LogP contribution < -0.4 is 5.73 Å². The first-order valence-corrected chi connectivity index (χ1v) is 5.73. The van der Waals surface area contributed by atoms with Gasteiger partial charge in [0.1, 0.15) is 17.2 Å². The van der Waals surface area contributed by atoms with Crippen molar-refractivity contribution >= 4 is 11.5 Å². The molecule has 3 rings (SSSR count). The molecular weight excluding hydrogens is 269 g/mol. The van der Waals surface area contributed by atoms with E-state index < -0.39 is 17.5 Å². The van der Waals surface area contributed by atoms with Crippen molar-refractivity contribution in [2.24, 2.45) is 0 Å². The van der Waals surface area contributed by atoms with Crippen molar-refractivity contribution in [1.82, 2.24) is 14.6 Å². The molecule has 20 heavy (non-hydrogen) atoms. The molecule has 0 bridgehead atoms. The Morgan fingerprint density at radius 2 is 1.90 bits per heavy atom. The number of anilines is 1. The van der Waals surface area contributed by atoms with Crippen LogP contribution in [0.4, 0.5) is 19.1 Å². The molecule has 102 valence electrons. The summed E-state index contributed by atoms with van der Waals surface area (Å²) in [6.45, 7) is 1.49. The van der Waals surface area contributed by atoms with Crippen LogP contribution in [0, 0.1) is 24.4 Å². The number of nitrogen functional groups attached to an aromatic ring is 1. The van der Waals surface area contributed by atoms with E-state index in [4.69, 9.17) is 5.73 Å². The van der Waals surface area contributed by atoms with Gasteiger partial charge in [-0.3, -0.25) is 0 Å². The molecular formula is C13H9F3N4. The number of halogens is 3. The second-order valence-electron chi connectivity index (χ2n) is 4.34. The number of fused-ring (bicyclic) bond motifs is 1. The van der Waals surface area contributed by atoms with Crippen molar-refractivity contribution in [3.63, 3.8) is 0 Å². The van der Waals surface area contributed by atoms with Crippen molar-refractivity contribution in [3.05, 3.63) is 47.4 Å². The first-order valence-electron chi connectivity index (χ1n) is 5.73. The molecule has 4 nitrogen and oxygen atoms in total. The number of nitrogens with zero attached hydrogens (tertiary/aromatic N) is 3. The highest BCUT2D eigenvalue weighted by molar-refractivity contribution is 5.68. The van der Waals surface area contributed by atoms with Crippen LogP contribution in [0.5, 0.6) is 0 Å². The maximum Gasteiger partial charge on any atom is 0.238 e. The minimum Gasteiger partial charge on any atom is -0.367 e. The van der Waals surface area contributed by atoms with E-state index in [-0.39, 0.29) is 28.3 Å². The number of rotatable bonds is 1. The zero-order chi connectivity index (χ0) is 14.4. The molecule has 0 aliphatic heterocycles. The van der Waals surface area contributed by atoms with Crippen molar-refractivity contribution in [1.29, 1.82) is 0 Å². The van der Waals surface area contributed by atoms with Gasteiger partial charge in [0.15, 0.2) is 5.82 Å². The molecule has 0 aliphatic carbocycles. The van der Waals surface area contributed by atoms with Gasteiger partial charge in [-0.1, -0.05) is 6.07 Å². The lowest BCUT2D eigenvalue weighted by molar-refractivity contribution is 0.582. The lowest BCUT2D eigenvalue weighted by atomic mass is 10.1. The summed E-state index contributed by atoms with van der Waals surface area (Å²) in [6.07, 6.45) is 1.16. The summed E-state index contributed by atoms with van der Waals surface area (Å²) in [4.78, 5) is 3.66. The predicted octanol–water partition coefficient (Wildman–Crippen LogP) is 2.70. The highest BCUT2D eigenvalue weighted by Gasteiger charge is 2.20. The third-order valence-electron chi connectivity index (χ3n) is 3.03. The topological polar surface area (TPSA) is 56.2 Å². The zero-order valence-corrected chi connectivity index (χ0v) is 10.4. The standard InChI is InChI=1S/C13H9F3N4/c1-6-2-3-7(14)11(12(6)16)9-4-8(15)10-5-18-13(17)19-20(9)10/h2-5H,1H3,(H2,17,19). The van der Waals surface area contributed by atoms with Gasteiger partial charge in [-0.25, -0.2) is 22.7 Å². The van der Waals surface area contributed by atoms with Crippen molar-refractivity contribution < 1.29 is 13.2 Å². The highest BCUT2D eigenvalue weighted by Crippen LogP contribution is 2.30. The van der Waals surface area contributed by atoms with E-state index in [2.05, 4.69) is 10.1 Å². The number of benzene rings is 1. The molecule has 0 spiro atoms. The van der Waals surface area contributed by atoms with E-state index in [1.807, 2.05) is 0 Å². The summed E-state index contributed by atoms with van der Waals surface area (Å²) in [5, 5.41) is 3.79. The van der Waals surface area contributed by atoms with Gasteiger partial charge in [0.05, 0.1) is 17.5 Å². The van der Waals surface area contributed by atoms with Gasteiger partial charge in [0, 0.05) is 6.07 Å². The van der Waals surface area contributed by atoms with Crippen LogP contribution in [-0.4, -0.2) is 14.6 Å². The van der Waals surface area contributed by atoms with Crippen molar-refractivity contribution in [2.75, 3.05) is 5.73 Å². The van der Waals surface area contributed by atoms with Gasteiger partial charge in [0.25, 0.3) is 0 Å². The molecule has 2 heterocycles. The van der Waals surface area contributed by atoms with E-state index in [9.17, 15) is 13.2 Å². The molecule has 2 N–H and O–H groups in total. The van der Waals surface area contributed by atoms with Gasteiger partial charge >= 0.3 is 0 Å². The molecule has 0 unspecified atom stereocenters. The molecule has 0 saturated heterocycles. The lowest BCUT2D eigenvalue weighted by Gasteiger charge is -2.07. The van der Waals surface area contributed by atoms with Crippen LogP contribution in [0.3, 0.4) is 0 Å². The molecule has 7 heteroatoms. The maximum absolute atomic E-state index is 14.1. The Kier molecular flexibility index (Phi) is 2.63. The number of aromatic nitrogens is 3. The number of aryl methyl sites for hydroxylation is 1. The summed E-state index contributed by atoms with van der Waals surface area (Å²) >= 11 is 0. The van der Waals surface area contributed by atoms with E-state index in [1.54, 1.807) is 0 Å². The van der Waals surface area contributed by atoms with Crippen LogP contribution in [0.2, 0.25) is 0 Å². The largest absolute Gasteiger partial charge is 0.367 e. The minimum absolute atomic E-state index is 0.00509. The zero-order valence-electron chi connectivity index (χ0n) is 10.4. The summed E-state index contributed by atoms with van der Waals surface area (Å²) in [5.41, 5.74) is 5.28. The fourth-order valence-corrected chi connectivity index (χ4v) is 2.04. The highest BCUT2D eigenvalue weighted by atomic mass is 19.1. The fourth-order valence-electron chi connectivity index (χ4n) is 2.04. The average Bonchev–Trinajstić information content (AvgIpc) is 2.71. The Hall–Kier alpha value is -2.57. The second-order valence-corrected chi connectivity index (χ2v) is 4.34. The lowest BCUT2D eigenvalue weighted by Crippen LogP contribution is -2.03. The molecule has 0 radical (unpaired) electrons. The van der Waals surface area contributed by atoms with E-state index >= 15 is 0 Å². The number of nitrogens with two attached hydrogens (primary N) is 1. The summed E-state index contributed by atoms with van der Waals surface area (Å²) in [7, 11) is 0. The summed E-state index contributed by atoms with van der Waals surface area (Å²) in [6, 6.07) is 3.43. The maximum atomic E-state index is 14.1. The third-order valence-corrected chi connectivity index (χ3v) is 3.03. The third kappa shape index (κ3) is 1.70. The van der Waals surface area contributed by atoms with E-state index in [1.165, 1.54) is 13.0 Å². The molecule has 2 aromatic heterocycles. The normalized spacial score (nSPS) is 11.2. The summed E-state index contributed by atoms with van der Waals surface area (Å²) < 4.78 is 42.9. The molecule has 0 saturated carbocycles. The molecule has 0 fully saturated rings. The van der Waals surface area contributed by atoms with Crippen LogP contribution in [0.25, 0.3) is 16.8 Å². The number of hydrogen-bond donors (Lipinski definition) is 1. The van der Waals surface area contributed by atoms with E-state index in [0.29, 0.717) is 0 Å². The first kappa shape index (κ1) is 12.5. The second kappa shape index (κ2) is 4.22. The van der Waals surface area contributed by atoms with E-state index in [0.717, 1.165) is 22.8 Å². The van der Waals surface area contributed by atoms with Gasteiger partial charge in [-0.2, -0.15) is 0 Å². The Labute approximate surface area is 111 Å². The number of hydrogen-bond acceptors (Lipinski definition) is 3. The summed E-state index contributed by atoms with van der Waals surface area (Å²) in [5.74, 6) is -2.37. The average molecular weight is 278 g/mol. The van der Waals surface area contributed by atoms with Gasteiger partial charge in [-0.05, 0) is 18.6 Å². The van der Waals surface area contributed by atoms with Crippen LogP contribution in [-0.2, 0) is 0 Å². The quantitative estimate of drug-likeness (QED) is 0.744. The Morgan fingerprint density at radius 1 is 1.15 bits per heavy atom. The smallest absolute Gasteiger partial charge is 0.238 e. The molecule has 0 atom stereocenters. The first-order chi connectivity index (χ1) is 9.49. The fraction of sp³-hybridized carbons (Fsp3) is 0.0769. The van der Waals surface area contributed by atoms with Crippen molar-refractivity contribution in [2.45, 2.75) is 6.92 Å². The Morgan fingerprint density at radius 3 is 2.65 bits per heavy atom. The monoisotopic (exact) mass is 278 g/mol. The van der Waals surface area contributed by atoms with Crippen molar-refractivity contribution in [3.8, 4) is 11.3 Å². The Bertz CT molecular complexity index is 826. The molecule has 0 amide bonds. The van der Waals surface area contributed by atoms with Crippen LogP contribution >= 0.6 is 0 Å². The van der Waals surface area contributed by atoms with Gasteiger partial charge < -0.3 is 5.73 Å².